The highest BCUT2D eigenvalue weighted by Gasteiger charge is 2.26. The van der Waals surface area contributed by atoms with Crippen LogP contribution in [0.1, 0.15) is 28.0 Å². The Balaban J connectivity index is 1.87. The van der Waals surface area contributed by atoms with Crippen LogP contribution in [0, 0.1) is 0 Å². The van der Waals surface area contributed by atoms with Gasteiger partial charge in [-0.25, -0.2) is 4.98 Å². The van der Waals surface area contributed by atoms with Crippen molar-refractivity contribution in [3.05, 3.63) is 52.4 Å². The minimum atomic E-state index is 0.0650. The third kappa shape index (κ3) is 2.44. The van der Waals surface area contributed by atoms with Crippen molar-refractivity contribution in [3.8, 4) is 5.88 Å². The van der Waals surface area contributed by atoms with Gasteiger partial charge in [-0.3, -0.25) is 9.78 Å². The van der Waals surface area contributed by atoms with E-state index in [2.05, 4.69) is 9.97 Å². The summed E-state index contributed by atoms with van der Waals surface area (Å²) in [6, 6.07) is 7.30. The van der Waals surface area contributed by atoms with Crippen LogP contribution >= 0.6 is 11.6 Å². The van der Waals surface area contributed by atoms with Crippen molar-refractivity contribution in [1.82, 2.24) is 9.97 Å². The number of nitrogens with zero attached hydrogens (tertiary/aromatic N) is 2. The summed E-state index contributed by atoms with van der Waals surface area (Å²) < 4.78 is 5.61. The zero-order valence-corrected chi connectivity index (χ0v) is 10.9. The average molecular weight is 275 g/mol. The minimum absolute atomic E-state index is 0.0650. The summed E-state index contributed by atoms with van der Waals surface area (Å²) >= 11 is 5.94. The largest absolute Gasteiger partial charge is 0.471 e. The van der Waals surface area contributed by atoms with Crippen molar-refractivity contribution in [1.29, 1.82) is 0 Å². The van der Waals surface area contributed by atoms with Crippen molar-refractivity contribution in [2.24, 2.45) is 0 Å². The van der Waals surface area contributed by atoms with E-state index in [0.717, 1.165) is 11.3 Å². The number of fused-ring (bicyclic) bond motifs is 1. The average Bonchev–Trinajstić information content (AvgIpc) is 2.79. The molecule has 0 aromatic carbocycles. The lowest BCUT2D eigenvalue weighted by Crippen LogP contribution is -2.04. The van der Waals surface area contributed by atoms with Gasteiger partial charge in [-0.05, 0) is 30.2 Å². The third-order valence-electron chi connectivity index (χ3n) is 3.02. The van der Waals surface area contributed by atoms with E-state index in [9.17, 15) is 4.79 Å². The summed E-state index contributed by atoms with van der Waals surface area (Å²) in [6.45, 7) is 0.272. The summed E-state index contributed by atoms with van der Waals surface area (Å²) in [5, 5.41) is 0.351. The maximum atomic E-state index is 11.8. The molecule has 0 radical (unpaired) electrons. The van der Waals surface area contributed by atoms with Crippen molar-refractivity contribution in [2.45, 2.75) is 19.4 Å². The summed E-state index contributed by atoms with van der Waals surface area (Å²) in [5.74, 6) is 0.380. The molecule has 19 heavy (non-hydrogen) atoms. The fourth-order valence-corrected chi connectivity index (χ4v) is 2.35. The van der Waals surface area contributed by atoms with Crippen LogP contribution in [-0.2, 0) is 13.0 Å². The number of rotatable bonds is 3. The third-order valence-corrected chi connectivity index (χ3v) is 3.21. The molecule has 0 bridgehead atoms. The molecule has 0 amide bonds. The number of carbonyl (C=O) groups is 1. The van der Waals surface area contributed by atoms with Gasteiger partial charge in [0.1, 0.15) is 11.8 Å². The Kier molecular flexibility index (Phi) is 3.17. The molecule has 2 aromatic heterocycles. The molecule has 0 saturated carbocycles. The highest BCUT2D eigenvalue weighted by molar-refractivity contribution is 6.29. The van der Waals surface area contributed by atoms with Gasteiger partial charge in [0.25, 0.3) is 0 Å². The Hall–Kier alpha value is -1.94. The summed E-state index contributed by atoms with van der Waals surface area (Å²) in [4.78, 5) is 20.1. The normalized spacial score (nSPS) is 13.4. The van der Waals surface area contributed by atoms with Crippen molar-refractivity contribution >= 4 is 17.4 Å². The zero-order valence-electron chi connectivity index (χ0n) is 10.1. The summed E-state index contributed by atoms with van der Waals surface area (Å²) in [7, 11) is 0. The fourth-order valence-electron chi connectivity index (χ4n) is 2.14. The standard InChI is InChI=1S/C14H11ClN2O2/c15-12-7-9-4-5-11(18)13(9)14(17-12)19-8-10-3-1-2-6-16-10/h1-3,6-7H,4-5,8H2. The molecule has 0 atom stereocenters. The lowest BCUT2D eigenvalue weighted by atomic mass is 10.2. The van der Waals surface area contributed by atoms with Crippen LogP contribution in [0.3, 0.4) is 0 Å². The van der Waals surface area contributed by atoms with Gasteiger partial charge < -0.3 is 4.74 Å². The van der Waals surface area contributed by atoms with Crippen molar-refractivity contribution < 1.29 is 9.53 Å². The van der Waals surface area contributed by atoms with Crippen LogP contribution in [0.15, 0.2) is 30.5 Å². The summed E-state index contributed by atoms with van der Waals surface area (Å²) in [6.07, 6.45) is 2.90. The van der Waals surface area contributed by atoms with Crippen LogP contribution in [0.5, 0.6) is 5.88 Å². The molecule has 5 heteroatoms. The quantitative estimate of drug-likeness (QED) is 0.808. The Morgan fingerprint density at radius 2 is 2.21 bits per heavy atom. The highest BCUT2D eigenvalue weighted by atomic mass is 35.5. The second-order valence-corrected chi connectivity index (χ2v) is 4.70. The van der Waals surface area contributed by atoms with E-state index in [1.807, 2.05) is 18.2 Å². The van der Waals surface area contributed by atoms with Gasteiger partial charge in [-0.1, -0.05) is 17.7 Å². The van der Waals surface area contributed by atoms with E-state index in [0.29, 0.717) is 29.4 Å². The molecular formula is C14H11ClN2O2. The van der Waals surface area contributed by atoms with Gasteiger partial charge in [0, 0.05) is 12.6 Å². The Bertz CT molecular complexity index is 629. The second kappa shape index (κ2) is 4.97. The van der Waals surface area contributed by atoms with E-state index in [4.69, 9.17) is 16.3 Å². The van der Waals surface area contributed by atoms with Gasteiger partial charge in [-0.15, -0.1) is 0 Å². The smallest absolute Gasteiger partial charge is 0.226 e. The van der Waals surface area contributed by atoms with Gasteiger partial charge in [-0.2, -0.15) is 0 Å². The fraction of sp³-hybridized carbons (Fsp3) is 0.214. The molecule has 0 spiro atoms. The van der Waals surface area contributed by atoms with E-state index in [-0.39, 0.29) is 12.4 Å². The molecule has 1 aliphatic carbocycles. The molecule has 0 saturated heterocycles. The molecular weight excluding hydrogens is 264 g/mol. The van der Waals surface area contributed by atoms with Crippen LogP contribution in [0.2, 0.25) is 5.15 Å². The first-order chi connectivity index (χ1) is 9.24. The zero-order chi connectivity index (χ0) is 13.2. The topological polar surface area (TPSA) is 52.1 Å². The van der Waals surface area contributed by atoms with Crippen LogP contribution < -0.4 is 4.74 Å². The molecule has 2 aromatic rings. The first kappa shape index (κ1) is 12.1. The Labute approximate surface area is 115 Å². The van der Waals surface area contributed by atoms with Crippen LogP contribution in [-0.4, -0.2) is 15.8 Å². The first-order valence-electron chi connectivity index (χ1n) is 5.99. The van der Waals surface area contributed by atoms with Gasteiger partial charge >= 0.3 is 0 Å². The number of pyridine rings is 2. The predicted octanol–water partition coefficient (Wildman–Crippen LogP) is 2.84. The molecule has 3 rings (SSSR count). The molecule has 0 fully saturated rings. The van der Waals surface area contributed by atoms with Gasteiger partial charge in [0.05, 0.1) is 11.3 Å². The number of halogens is 1. The lowest BCUT2D eigenvalue weighted by molar-refractivity contribution is 0.0990. The lowest BCUT2D eigenvalue weighted by Gasteiger charge is -2.09. The first-order valence-corrected chi connectivity index (χ1v) is 6.37. The van der Waals surface area contributed by atoms with E-state index >= 15 is 0 Å². The maximum absolute atomic E-state index is 11.8. The number of hydrogen-bond acceptors (Lipinski definition) is 4. The number of hydrogen-bond donors (Lipinski definition) is 0. The summed E-state index contributed by atoms with van der Waals surface area (Å²) in [5.41, 5.74) is 2.27. The van der Waals surface area contributed by atoms with Crippen LogP contribution in [0.25, 0.3) is 0 Å². The number of ketones is 1. The van der Waals surface area contributed by atoms with Crippen molar-refractivity contribution in [3.63, 3.8) is 0 Å². The van der Waals surface area contributed by atoms with Gasteiger partial charge in [0.2, 0.25) is 5.88 Å². The second-order valence-electron chi connectivity index (χ2n) is 4.32. The van der Waals surface area contributed by atoms with Crippen LogP contribution in [0.4, 0.5) is 0 Å². The minimum Gasteiger partial charge on any atom is -0.471 e. The number of carbonyl (C=O) groups excluding carboxylic acids is 1. The van der Waals surface area contributed by atoms with E-state index < -0.39 is 0 Å². The van der Waals surface area contributed by atoms with E-state index in [1.54, 1.807) is 12.3 Å². The maximum Gasteiger partial charge on any atom is 0.226 e. The molecule has 2 heterocycles. The molecule has 0 N–H and O–H groups in total. The Morgan fingerprint density at radius 1 is 1.32 bits per heavy atom. The number of ether oxygens (including phenoxy) is 1. The SMILES string of the molecule is O=C1CCc2cc(Cl)nc(OCc3ccccn3)c21. The molecule has 0 unspecified atom stereocenters. The Morgan fingerprint density at radius 3 is 3.00 bits per heavy atom. The predicted molar refractivity (Wildman–Crippen MR) is 70.5 cm³/mol. The number of aromatic nitrogens is 2. The highest BCUT2D eigenvalue weighted by Crippen LogP contribution is 2.31. The van der Waals surface area contributed by atoms with Crippen molar-refractivity contribution in [2.75, 3.05) is 0 Å². The number of aryl methyl sites for hydroxylation is 1. The molecule has 4 nitrogen and oxygen atoms in total. The molecule has 1 aliphatic rings. The number of Topliss-reactive ketones (excluding diaryl/α,β-unsaturated/α-hetero) is 1. The monoisotopic (exact) mass is 274 g/mol. The van der Waals surface area contributed by atoms with E-state index in [1.165, 1.54) is 0 Å². The van der Waals surface area contributed by atoms with Gasteiger partial charge in [0.15, 0.2) is 5.78 Å². The molecule has 96 valence electrons. The molecule has 0 aliphatic heterocycles.